The van der Waals surface area contributed by atoms with Gasteiger partial charge in [-0.2, -0.15) is 4.98 Å². The van der Waals surface area contributed by atoms with Gasteiger partial charge in [0, 0.05) is 21.3 Å². The summed E-state index contributed by atoms with van der Waals surface area (Å²) in [6.45, 7) is 0. The average Bonchev–Trinajstić information content (AvgIpc) is 3.00. The topological polar surface area (TPSA) is 58.9 Å². The van der Waals surface area contributed by atoms with Crippen LogP contribution in [-0.2, 0) is 0 Å². The monoisotopic (exact) mass is 332 g/mol. The number of nitrogens with zero attached hydrogens (tertiary/aromatic N) is 1. The van der Waals surface area contributed by atoms with E-state index in [9.17, 15) is 4.79 Å². The van der Waals surface area contributed by atoms with Crippen LogP contribution in [-0.4, -0.2) is 9.97 Å². The SMILES string of the molecule is O=c1nc(-c2ccco2)cc(C=Cc2c(Cl)cccc2Cl)[nH]1. The van der Waals surface area contributed by atoms with Crippen LogP contribution >= 0.6 is 23.2 Å². The molecule has 0 radical (unpaired) electrons. The Morgan fingerprint density at radius 1 is 1.09 bits per heavy atom. The van der Waals surface area contributed by atoms with Crippen LogP contribution < -0.4 is 5.69 Å². The molecular formula is C16H10Cl2N2O2. The van der Waals surface area contributed by atoms with Crippen LogP contribution in [0.3, 0.4) is 0 Å². The molecule has 22 heavy (non-hydrogen) atoms. The summed E-state index contributed by atoms with van der Waals surface area (Å²) in [6, 6.07) is 10.4. The summed E-state index contributed by atoms with van der Waals surface area (Å²) in [5.41, 5.74) is 1.25. The van der Waals surface area contributed by atoms with E-state index in [-0.39, 0.29) is 0 Å². The third-order valence-electron chi connectivity index (χ3n) is 2.97. The van der Waals surface area contributed by atoms with Gasteiger partial charge in [0.25, 0.3) is 0 Å². The molecule has 1 aromatic carbocycles. The first-order chi connectivity index (χ1) is 10.6. The third-order valence-corrected chi connectivity index (χ3v) is 3.63. The molecule has 3 rings (SSSR count). The van der Waals surface area contributed by atoms with Crippen LogP contribution in [0.15, 0.2) is 51.9 Å². The number of aromatic amines is 1. The third kappa shape index (κ3) is 3.13. The van der Waals surface area contributed by atoms with E-state index in [0.717, 1.165) is 0 Å². The molecule has 6 heteroatoms. The van der Waals surface area contributed by atoms with Crippen molar-refractivity contribution in [2.75, 3.05) is 0 Å². The number of halogens is 2. The summed E-state index contributed by atoms with van der Waals surface area (Å²) in [5, 5.41) is 1.07. The highest BCUT2D eigenvalue weighted by Crippen LogP contribution is 2.26. The molecule has 2 heterocycles. The minimum absolute atomic E-state index is 0.457. The molecule has 0 aliphatic rings. The van der Waals surface area contributed by atoms with Crippen LogP contribution in [0.5, 0.6) is 0 Å². The molecule has 0 fully saturated rings. The molecule has 3 aromatic rings. The van der Waals surface area contributed by atoms with E-state index in [1.807, 2.05) is 0 Å². The minimum Gasteiger partial charge on any atom is -0.463 e. The molecule has 0 saturated heterocycles. The Hall–Kier alpha value is -2.30. The standard InChI is InChI=1S/C16H10Cl2N2O2/c17-12-3-1-4-13(18)11(12)7-6-10-9-14(20-16(21)19-10)15-5-2-8-22-15/h1-9H,(H,19,20,21). The van der Waals surface area contributed by atoms with Gasteiger partial charge >= 0.3 is 5.69 Å². The van der Waals surface area contributed by atoms with Crippen molar-refractivity contribution < 1.29 is 4.42 Å². The van der Waals surface area contributed by atoms with E-state index in [1.165, 1.54) is 6.26 Å². The van der Waals surface area contributed by atoms with Crippen molar-refractivity contribution in [3.05, 3.63) is 74.4 Å². The second kappa shape index (κ2) is 6.22. The second-order valence-corrected chi connectivity index (χ2v) is 5.29. The van der Waals surface area contributed by atoms with E-state index in [1.54, 1.807) is 48.6 Å². The van der Waals surface area contributed by atoms with Gasteiger partial charge in [-0.3, -0.25) is 0 Å². The lowest BCUT2D eigenvalue weighted by molar-refractivity contribution is 0.579. The van der Waals surface area contributed by atoms with Crippen LogP contribution in [0.2, 0.25) is 10.0 Å². The molecule has 0 unspecified atom stereocenters. The van der Waals surface area contributed by atoms with Crippen LogP contribution in [0.25, 0.3) is 23.6 Å². The molecule has 4 nitrogen and oxygen atoms in total. The largest absolute Gasteiger partial charge is 0.463 e. The van der Waals surface area contributed by atoms with Gasteiger partial charge < -0.3 is 9.40 Å². The normalized spacial score (nSPS) is 11.2. The van der Waals surface area contributed by atoms with Crippen molar-refractivity contribution in [3.8, 4) is 11.5 Å². The Bertz CT molecular complexity index is 863. The zero-order valence-electron chi connectivity index (χ0n) is 11.2. The molecule has 110 valence electrons. The summed E-state index contributed by atoms with van der Waals surface area (Å²) in [4.78, 5) is 18.2. The van der Waals surface area contributed by atoms with E-state index in [2.05, 4.69) is 9.97 Å². The number of furan rings is 1. The van der Waals surface area contributed by atoms with Crippen LogP contribution in [0.4, 0.5) is 0 Å². The van der Waals surface area contributed by atoms with Crippen LogP contribution in [0.1, 0.15) is 11.3 Å². The van der Waals surface area contributed by atoms with Crippen molar-refractivity contribution in [2.45, 2.75) is 0 Å². The van der Waals surface area contributed by atoms with E-state index in [4.69, 9.17) is 27.6 Å². The number of hydrogen-bond acceptors (Lipinski definition) is 3. The van der Waals surface area contributed by atoms with Crippen molar-refractivity contribution in [2.24, 2.45) is 0 Å². The van der Waals surface area contributed by atoms with Crippen LogP contribution in [0, 0.1) is 0 Å². The highest BCUT2D eigenvalue weighted by Gasteiger charge is 2.05. The van der Waals surface area contributed by atoms with Gasteiger partial charge in [-0.15, -0.1) is 0 Å². The lowest BCUT2D eigenvalue weighted by Crippen LogP contribution is -2.11. The highest BCUT2D eigenvalue weighted by molar-refractivity contribution is 6.37. The van der Waals surface area contributed by atoms with E-state index < -0.39 is 5.69 Å². The first kappa shape index (κ1) is 14.6. The maximum atomic E-state index is 11.7. The number of benzene rings is 1. The number of rotatable bonds is 3. The number of hydrogen-bond donors (Lipinski definition) is 1. The average molecular weight is 333 g/mol. The smallest absolute Gasteiger partial charge is 0.346 e. The minimum atomic E-state index is -0.459. The Morgan fingerprint density at radius 3 is 2.55 bits per heavy atom. The van der Waals surface area contributed by atoms with Gasteiger partial charge in [0.1, 0.15) is 5.69 Å². The van der Waals surface area contributed by atoms with Gasteiger partial charge in [0.15, 0.2) is 5.76 Å². The molecule has 0 aliphatic carbocycles. The molecule has 1 N–H and O–H groups in total. The molecule has 0 aliphatic heterocycles. The van der Waals surface area contributed by atoms with Crippen molar-refractivity contribution in [1.82, 2.24) is 9.97 Å². The molecule has 0 spiro atoms. The molecule has 2 aromatic heterocycles. The first-order valence-corrected chi connectivity index (χ1v) is 7.16. The maximum Gasteiger partial charge on any atom is 0.346 e. The van der Waals surface area contributed by atoms with E-state index >= 15 is 0 Å². The molecule has 0 saturated carbocycles. The lowest BCUT2D eigenvalue weighted by Gasteiger charge is -2.01. The predicted octanol–water partition coefficient (Wildman–Crippen LogP) is 4.51. The summed E-state index contributed by atoms with van der Waals surface area (Å²) in [5.74, 6) is 0.525. The lowest BCUT2D eigenvalue weighted by atomic mass is 10.2. The number of nitrogens with one attached hydrogen (secondary N) is 1. The Morgan fingerprint density at radius 2 is 1.86 bits per heavy atom. The quantitative estimate of drug-likeness (QED) is 0.767. The zero-order valence-corrected chi connectivity index (χ0v) is 12.7. The summed E-state index contributed by atoms with van der Waals surface area (Å²) < 4.78 is 5.25. The van der Waals surface area contributed by atoms with Crippen molar-refractivity contribution in [3.63, 3.8) is 0 Å². The van der Waals surface area contributed by atoms with Gasteiger partial charge in [-0.05, 0) is 42.5 Å². The van der Waals surface area contributed by atoms with Gasteiger partial charge in [-0.1, -0.05) is 29.3 Å². The molecule has 0 bridgehead atoms. The fourth-order valence-electron chi connectivity index (χ4n) is 1.96. The van der Waals surface area contributed by atoms with Crippen molar-refractivity contribution >= 4 is 35.4 Å². The molecular weight excluding hydrogens is 323 g/mol. The Labute approximate surface area is 136 Å². The highest BCUT2D eigenvalue weighted by atomic mass is 35.5. The van der Waals surface area contributed by atoms with Gasteiger partial charge in [-0.25, -0.2) is 4.79 Å². The Kier molecular flexibility index (Phi) is 4.13. The van der Waals surface area contributed by atoms with Gasteiger partial charge in [0.05, 0.1) is 6.26 Å². The van der Waals surface area contributed by atoms with E-state index in [0.29, 0.717) is 32.8 Å². The zero-order chi connectivity index (χ0) is 15.5. The Balaban J connectivity index is 1.99. The predicted molar refractivity (Wildman–Crippen MR) is 87.9 cm³/mol. The molecule has 0 atom stereocenters. The molecule has 0 amide bonds. The second-order valence-electron chi connectivity index (χ2n) is 4.47. The fraction of sp³-hybridized carbons (Fsp3) is 0. The summed E-state index contributed by atoms with van der Waals surface area (Å²) in [7, 11) is 0. The first-order valence-electron chi connectivity index (χ1n) is 6.41. The fourth-order valence-corrected chi connectivity index (χ4v) is 2.48. The van der Waals surface area contributed by atoms with Gasteiger partial charge in [0.2, 0.25) is 0 Å². The summed E-state index contributed by atoms with van der Waals surface area (Å²) in [6.07, 6.45) is 4.97. The van der Waals surface area contributed by atoms with Crippen molar-refractivity contribution in [1.29, 1.82) is 0 Å². The summed E-state index contributed by atoms with van der Waals surface area (Å²) >= 11 is 12.2. The number of H-pyrrole nitrogens is 1. The maximum absolute atomic E-state index is 11.7. The number of aromatic nitrogens is 2.